The fourth-order valence-corrected chi connectivity index (χ4v) is 3.16. The number of ether oxygens (including phenoxy) is 6. The summed E-state index contributed by atoms with van der Waals surface area (Å²) in [7, 11) is 4.64. The summed E-state index contributed by atoms with van der Waals surface area (Å²) in [6, 6.07) is 7.64. The lowest BCUT2D eigenvalue weighted by Gasteiger charge is -2.12. The van der Waals surface area contributed by atoms with Crippen LogP contribution in [-0.4, -0.2) is 67.3 Å². The van der Waals surface area contributed by atoms with Gasteiger partial charge in [0.15, 0.2) is 28.2 Å². The quantitative estimate of drug-likeness (QED) is 0.288. The summed E-state index contributed by atoms with van der Waals surface area (Å²) in [5.41, 5.74) is -0.426. The first-order valence-corrected chi connectivity index (χ1v) is 11.0. The molecule has 0 aliphatic heterocycles. The SMILES string of the molecule is COC(=O)c1cc(OCc2cc(=O)cc(COc3cc(C(=O)OC)nc(C(=O)OC)c3)[nH]2)cc(C(=O)OC)n1. The van der Waals surface area contributed by atoms with Gasteiger partial charge in [-0.25, -0.2) is 29.1 Å². The standard InChI is InChI=1S/C25H23N3O11/c1-34-22(30)18-7-16(8-19(27-18)23(31)35-2)38-11-13-5-15(29)6-14(26-13)12-39-17-9-20(24(32)36-3)28-21(10-17)25(33)37-4/h5-10H,11-12H2,1-4H3,(H,26,29). The van der Waals surface area contributed by atoms with Crippen molar-refractivity contribution >= 4 is 23.9 Å². The maximum atomic E-state index is 12.3. The number of hydrogen-bond donors (Lipinski definition) is 1. The number of esters is 4. The second kappa shape index (κ2) is 12.8. The van der Waals surface area contributed by atoms with E-state index in [1.165, 1.54) is 36.4 Å². The summed E-state index contributed by atoms with van der Waals surface area (Å²) < 4.78 is 29.9. The van der Waals surface area contributed by atoms with E-state index < -0.39 is 23.9 Å². The van der Waals surface area contributed by atoms with Crippen molar-refractivity contribution < 1.29 is 47.6 Å². The highest BCUT2D eigenvalue weighted by molar-refractivity contribution is 5.93. The van der Waals surface area contributed by atoms with Gasteiger partial charge in [-0.2, -0.15) is 0 Å². The third kappa shape index (κ3) is 7.38. The van der Waals surface area contributed by atoms with Gasteiger partial charge in [-0.05, 0) is 0 Å². The molecular weight excluding hydrogens is 518 g/mol. The van der Waals surface area contributed by atoms with Gasteiger partial charge in [0.1, 0.15) is 24.7 Å². The zero-order valence-electron chi connectivity index (χ0n) is 21.3. The Balaban J connectivity index is 1.80. The van der Waals surface area contributed by atoms with Crippen molar-refractivity contribution in [2.45, 2.75) is 13.2 Å². The maximum Gasteiger partial charge on any atom is 0.356 e. The van der Waals surface area contributed by atoms with Crippen LogP contribution in [-0.2, 0) is 32.2 Å². The number of carbonyl (C=O) groups is 4. The lowest BCUT2D eigenvalue weighted by Crippen LogP contribution is -2.14. The highest BCUT2D eigenvalue weighted by Gasteiger charge is 2.18. The highest BCUT2D eigenvalue weighted by atomic mass is 16.5. The Labute approximate surface area is 220 Å². The molecule has 0 unspecified atom stereocenters. The van der Waals surface area contributed by atoms with Crippen molar-refractivity contribution in [3.8, 4) is 11.5 Å². The molecule has 14 heteroatoms. The van der Waals surface area contributed by atoms with E-state index in [-0.39, 0.29) is 52.9 Å². The lowest BCUT2D eigenvalue weighted by atomic mass is 10.2. The van der Waals surface area contributed by atoms with E-state index in [0.717, 1.165) is 28.4 Å². The van der Waals surface area contributed by atoms with Gasteiger partial charge >= 0.3 is 23.9 Å². The molecule has 3 aromatic heterocycles. The van der Waals surface area contributed by atoms with Gasteiger partial charge in [-0.1, -0.05) is 0 Å². The minimum atomic E-state index is -0.792. The summed E-state index contributed by atoms with van der Waals surface area (Å²) in [6.45, 7) is -0.328. The first kappa shape index (κ1) is 28.3. The number of methoxy groups -OCH3 is 4. The minimum Gasteiger partial charge on any atom is -0.487 e. The fraction of sp³-hybridized carbons (Fsp3) is 0.240. The van der Waals surface area contributed by atoms with Crippen molar-refractivity contribution in [2.24, 2.45) is 0 Å². The predicted molar refractivity (Wildman–Crippen MR) is 130 cm³/mol. The van der Waals surface area contributed by atoms with Gasteiger partial charge in [-0.3, -0.25) is 4.79 Å². The molecule has 0 saturated heterocycles. The Hall–Kier alpha value is -5.27. The number of rotatable bonds is 10. The maximum absolute atomic E-state index is 12.3. The van der Waals surface area contributed by atoms with Crippen LogP contribution < -0.4 is 14.9 Å². The molecule has 0 atom stereocenters. The Bertz CT molecular complexity index is 1290. The molecule has 0 radical (unpaired) electrons. The molecule has 3 heterocycles. The summed E-state index contributed by atoms with van der Waals surface area (Å²) in [4.78, 5) is 70.7. The smallest absolute Gasteiger partial charge is 0.356 e. The minimum absolute atomic E-state index is 0.0933. The first-order valence-electron chi connectivity index (χ1n) is 11.0. The summed E-state index contributed by atoms with van der Waals surface area (Å²) in [5.74, 6) is -2.98. The number of pyridine rings is 3. The molecule has 0 saturated carbocycles. The van der Waals surface area contributed by atoms with Crippen molar-refractivity contribution in [3.63, 3.8) is 0 Å². The topological polar surface area (TPSA) is 182 Å². The van der Waals surface area contributed by atoms with Crippen molar-refractivity contribution in [1.29, 1.82) is 0 Å². The van der Waals surface area contributed by atoms with Crippen LogP contribution in [0.15, 0.2) is 41.2 Å². The monoisotopic (exact) mass is 541 g/mol. The molecule has 3 aromatic rings. The van der Waals surface area contributed by atoms with Gasteiger partial charge in [0.05, 0.1) is 39.8 Å². The number of aromatic nitrogens is 3. The molecule has 0 aliphatic carbocycles. The Morgan fingerprint density at radius 1 is 0.590 bits per heavy atom. The van der Waals surface area contributed by atoms with Gasteiger partial charge in [-0.15, -0.1) is 0 Å². The van der Waals surface area contributed by atoms with Crippen LogP contribution in [0, 0.1) is 0 Å². The third-order valence-corrected chi connectivity index (χ3v) is 4.92. The van der Waals surface area contributed by atoms with E-state index in [4.69, 9.17) is 9.47 Å². The van der Waals surface area contributed by atoms with E-state index >= 15 is 0 Å². The molecule has 14 nitrogen and oxygen atoms in total. The van der Waals surface area contributed by atoms with Crippen molar-refractivity contribution in [1.82, 2.24) is 15.0 Å². The van der Waals surface area contributed by atoms with Crippen molar-refractivity contribution in [3.05, 3.63) is 80.8 Å². The number of carbonyl (C=O) groups excluding carboxylic acids is 4. The van der Waals surface area contributed by atoms with Gasteiger partial charge < -0.3 is 33.4 Å². The third-order valence-electron chi connectivity index (χ3n) is 4.92. The number of aromatic amines is 1. The average Bonchev–Trinajstić information content (AvgIpc) is 2.96. The molecule has 1 N–H and O–H groups in total. The number of nitrogens with one attached hydrogen (secondary N) is 1. The van der Waals surface area contributed by atoms with E-state index in [1.807, 2.05) is 0 Å². The van der Waals surface area contributed by atoms with Crippen LogP contribution in [0.1, 0.15) is 53.3 Å². The number of hydrogen-bond acceptors (Lipinski definition) is 13. The molecular formula is C25H23N3O11. The van der Waals surface area contributed by atoms with E-state index in [2.05, 4.69) is 33.9 Å². The van der Waals surface area contributed by atoms with Crippen LogP contribution in [0.2, 0.25) is 0 Å². The van der Waals surface area contributed by atoms with Gasteiger partial charge in [0.25, 0.3) is 0 Å². The fourth-order valence-electron chi connectivity index (χ4n) is 3.16. The van der Waals surface area contributed by atoms with Gasteiger partial charge in [0.2, 0.25) is 0 Å². The van der Waals surface area contributed by atoms with Crippen LogP contribution in [0.4, 0.5) is 0 Å². The van der Waals surface area contributed by atoms with E-state index in [1.54, 1.807) is 0 Å². The van der Waals surface area contributed by atoms with E-state index in [9.17, 15) is 24.0 Å². The normalized spacial score (nSPS) is 10.3. The lowest BCUT2D eigenvalue weighted by molar-refractivity contribution is 0.0567. The summed E-state index contributed by atoms with van der Waals surface area (Å²) in [6.07, 6.45) is 0. The van der Waals surface area contributed by atoms with Crippen molar-refractivity contribution in [2.75, 3.05) is 28.4 Å². The van der Waals surface area contributed by atoms with E-state index in [0.29, 0.717) is 11.4 Å². The number of nitrogens with zero attached hydrogens (tertiary/aromatic N) is 2. The zero-order valence-corrected chi connectivity index (χ0v) is 21.3. The zero-order chi connectivity index (χ0) is 28.5. The molecule has 3 rings (SSSR count). The molecule has 204 valence electrons. The molecule has 39 heavy (non-hydrogen) atoms. The molecule has 0 fully saturated rings. The number of H-pyrrole nitrogens is 1. The van der Waals surface area contributed by atoms with Crippen LogP contribution in [0.5, 0.6) is 11.5 Å². The Morgan fingerprint density at radius 3 is 1.18 bits per heavy atom. The second-order valence-electron chi connectivity index (χ2n) is 7.56. The Morgan fingerprint density at radius 2 is 0.897 bits per heavy atom. The molecule has 0 bridgehead atoms. The second-order valence-corrected chi connectivity index (χ2v) is 7.56. The van der Waals surface area contributed by atoms with Crippen LogP contribution in [0.3, 0.4) is 0 Å². The average molecular weight is 541 g/mol. The molecule has 0 aliphatic rings. The highest BCUT2D eigenvalue weighted by Crippen LogP contribution is 2.19. The van der Waals surface area contributed by atoms with Crippen LogP contribution in [0.25, 0.3) is 0 Å². The molecule has 0 spiro atoms. The summed E-state index contributed by atoms with van der Waals surface area (Å²) in [5, 5.41) is 0. The van der Waals surface area contributed by atoms with Crippen LogP contribution >= 0.6 is 0 Å². The predicted octanol–water partition coefficient (Wildman–Crippen LogP) is 1.47. The molecule has 0 aromatic carbocycles. The van der Waals surface area contributed by atoms with Gasteiger partial charge in [0, 0.05) is 36.4 Å². The summed E-state index contributed by atoms with van der Waals surface area (Å²) >= 11 is 0. The Kier molecular flexibility index (Phi) is 9.29. The first-order chi connectivity index (χ1) is 18.7. The molecule has 0 amide bonds. The largest absolute Gasteiger partial charge is 0.487 e.